The Labute approximate surface area is 92.8 Å². The third-order valence-electron chi connectivity index (χ3n) is 2.28. The predicted octanol–water partition coefficient (Wildman–Crippen LogP) is -0.990. The van der Waals surface area contributed by atoms with E-state index < -0.39 is 15.9 Å². The first kappa shape index (κ1) is 11.5. The van der Waals surface area contributed by atoms with E-state index in [9.17, 15) is 13.5 Å². The van der Waals surface area contributed by atoms with E-state index in [2.05, 4.69) is 15.5 Å². The number of aliphatic hydroxyl groups is 1. The molecule has 90 valence electrons. The van der Waals surface area contributed by atoms with Gasteiger partial charge >= 0.3 is 0 Å². The van der Waals surface area contributed by atoms with Crippen molar-refractivity contribution in [2.75, 3.05) is 12.8 Å². The molecule has 0 spiro atoms. The van der Waals surface area contributed by atoms with Crippen LogP contribution in [0.2, 0.25) is 0 Å². The Hall–Kier alpha value is -0.990. The quantitative estimate of drug-likeness (QED) is 0.706. The molecule has 8 heteroatoms. The largest absolute Gasteiger partial charge is 0.392 e. The fourth-order valence-corrected chi connectivity index (χ4v) is 2.19. The minimum absolute atomic E-state index is 0.153. The molecule has 1 aromatic heterocycles. The minimum atomic E-state index is -3.15. The zero-order valence-electron chi connectivity index (χ0n) is 8.75. The van der Waals surface area contributed by atoms with Gasteiger partial charge < -0.3 is 14.9 Å². The molecule has 2 N–H and O–H groups in total. The lowest BCUT2D eigenvalue weighted by atomic mass is 10.2. The van der Waals surface area contributed by atoms with Gasteiger partial charge in [0.2, 0.25) is 5.89 Å². The molecule has 0 aromatic carbocycles. The maximum Gasteiger partial charge on any atom is 0.243 e. The van der Waals surface area contributed by atoms with Crippen LogP contribution in [0.5, 0.6) is 0 Å². The van der Waals surface area contributed by atoms with Crippen LogP contribution in [0.4, 0.5) is 0 Å². The molecular formula is C8H13N3O4S. The summed E-state index contributed by atoms with van der Waals surface area (Å²) in [5, 5.41) is 15.9. The Kier molecular flexibility index (Phi) is 2.96. The third-order valence-corrected chi connectivity index (χ3v) is 3.06. The summed E-state index contributed by atoms with van der Waals surface area (Å²) in [5.41, 5.74) is 0. The van der Waals surface area contributed by atoms with E-state index >= 15 is 0 Å². The number of aromatic nitrogens is 2. The minimum Gasteiger partial charge on any atom is -0.392 e. The van der Waals surface area contributed by atoms with Gasteiger partial charge in [0.15, 0.2) is 15.7 Å². The summed E-state index contributed by atoms with van der Waals surface area (Å²) in [6.45, 7) is 0.481. The van der Waals surface area contributed by atoms with Gasteiger partial charge in [-0.25, -0.2) is 8.42 Å². The van der Waals surface area contributed by atoms with E-state index in [0.717, 1.165) is 6.26 Å². The number of nitrogens with zero attached hydrogens (tertiary/aromatic N) is 2. The first-order chi connectivity index (χ1) is 7.44. The standard InChI is InChI=1S/C8H13N3O4S/c1-16(13,14)4-7-10-8(15-11-7)6-2-5(12)3-9-6/h5-6,9,12H,2-4H2,1H3/t5-,6+/m0/s1. The monoisotopic (exact) mass is 247 g/mol. The third kappa shape index (κ3) is 2.77. The van der Waals surface area contributed by atoms with Gasteiger partial charge in [0.05, 0.1) is 12.1 Å². The molecule has 2 atom stereocenters. The molecule has 1 aliphatic heterocycles. The molecule has 1 aromatic rings. The average Bonchev–Trinajstić information content (AvgIpc) is 2.71. The maximum atomic E-state index is 11.0. The number of aliphatic hydroxyl groups excluding tert-OH is 1. The molecule has 2 rings (SSSR count). The van der Waals surface area contributed by atoms with E-state index in [-0.39, 0.29) is 17.6 Å². The second-order valence-corrected chi connectivity index (χ2v) is 6.11. The second-order valence-electron chi connectivity index (χ2n) is 3.97. The van der Waals surface area contributed by atoms with E-state index in [1.54, 1.807) is 0 Å². The Balaban J connectivity index is 2.08. The van der Waals surface area contributed by atoms with Crippen molar-refractivity contribution in [1.29, 1.82) is 0 Å². The highest BCUT2D eigenvalue weighted by atomic mass is 32.2. The molecule has 1 aliphatic rings. The lowest BCUT2D eigenvalue weighted by Gasteiger charge is -2.01. The van der Waals surface area contributed by atoms with Crippen molar-refractivity contribution in [2.45, 2.75) is 24.3 Å². The molecule has 16 heavy (non-hydrogen) atoms. The number of hydrogen-bond donors (Lipinski definition) is 2. The number of rotatable bonds is 3. The Bertz CT molecular complexity index is 469. The molecule has 0 amide bonds. The van der Waals surface area contributed by atoms with Crippen molar-refractivity contribution in [1.82, 2.24) is 15.5 Å². The lowest BCUT2D eigenvalue weighted by Crippen LogP contribution is -2.15. The fraction of sp³-hybridized carbons (Fsp3) is 0.750. The SMILES string of the molecule is CS(=O)(=O)Cc1noc([C@H]2C[C@H](O)CN2)n1. The Morgan fingerprint density at radius 3 is 2.94 bits per heavy atom. The molecule has 1 saturated heterocycles. The van der Waals surface area contributed by atoms with E-state index in [0.29, 0.717) is 18.9 Å². The van der Waals surface area contributed by atoms with Gasteiger partial charge in [0.25, 0.3) is 0 Å². The molecule has 2 heterocycles. The normalized spacial score (nSPS) is 26.1. The summed E-state index contributed by atoms with van der Waals surface area (Å²) in [5.74, 6) is 0.252. The van der Waals surface area contributed by atoms with Crippen LogP contribution in [0.15, 0.2) is 4.52 Å². The van der Waals surface area contributed by atoms with Gasteiger partial charge in [-0.15, -0.1) is 0 Å². The first-order valence-electron chi connectivity index (χ1n) is 4.86. The molecule has 0 unspecified atom stereocenters. The summed E-state index contributed by atoms with van der Waals surface area (Å²) < 4.78 is 27.0. The summed E-state index contributed by atoms with van der Waals surface area (Å²) in [4.78, 5) is 3.98. The summed E-state index contributed by atoms with van der Waals surface area (Å²) in [6, 6.07) is -0.184. The highest BCUT2D eigenvalue weighted by Gasteiger charge is 2.28. The highest BCUT2D eigenvalue weighted by molar-refractivity contribution is 7.89. The molecule has 1 fully saturated rings. The first-order valence-corrected chi connectivity index (χ1v) is 6.92. The summed E-state index contributed by atoms with van der Waals surface area (Å²) in [7, 11) is -3.15. The van der Waals surface area contributed by atoms with E-state index in [1.807, 2.05) is 0 Å². The second kappa shape index (κ2) is 4.11. The smallest absolute Gasteiger partial charge is 0.243 e. The Morgan fingerprint density at radius 2 is 2.38 bits per heavy atom. The van der Waals surface area contributed by atoms with Crippen LogP contribution in [0, 0.1) is 0 Å². The number of sulfone groups is 1. The van der Waals surface area contributed by atoms with Crippen LogP contribution < -0.4 is 5.32 Å². The predicted molar refractivity (Wildman–Crippen MR) is 54.2 cm³/mol. The molecule has 0 bridgehead atoms. The molecule has 7 nitrogen and oxygen atoms in total. The van der Waals surface area contributed by atoms with Crippen molar-refractivity contribution in [3.05, 3.63) is 11.7 Å². The van der Waals surface area contributed by atoms with E-state index in [1.165, 1.54) is 0 Å². The van der Waals surface area contributed by atoms with Crippen LogP contribution in [-0.4, -0.2) is 42.6 Å². The van der Waals surface area contributed by atoms with Crippen LogP contribution in [0.1, 0.15) is 24.2 Å². The number of nitrogens with one attached hydrogen (secondary N) is 1. The van der Waals surface area contributed by atoms with Crippen molar-refractivity contribution >= 4 is 9.84 Å². The fourth-order valence-electron chi connectivity index (χ4n) is 1.61. The average molecular weight is 247 g/mol. The van der Waals surface area contributed by atoms with Gasteiger partial charge in [0.1, 0.15) is 5.75 Å². The van der Waals surface area contributed by atoms with Crippen LogP contribution in [0.3, 0.4) is 0 Å². The molecular weight excluding hydrogens is 234 g/mol. The lowest BCUT2D eigenvalue weighted by molar-refractivity contribution is 0.191. The van der Waals surface area contributed by atoms with Crippen LogP contribution >= 0.6 is 0 Å². The summed E-state index contributed by atoms with van der Waals surface area (Å²) in [6.07, 6.45) is 1.19. The van der Waals surface area contributed by atoms with Crippen LogP contribution in [-0.2, 0) is 15.6 Å². The zero-order chi connectivity index (χ0) is 11.8. The van der Waals surface area contributed by atoms with Gasteiger partial charge in [-0.05, 0) is 6.42 Å². The number of β-amino-alcohol motifs (C(OH)–C–C–N with tert-alkyl or cyclic N) is 1. The maximum absolute atomic E-state index is 11.0. The summed E-state index contributed by atoms with van der Waals surface area (Å²) >= 11 is 0. The van der Waals surface area contributed by atoms with Gasteiger partial charge in [0, 0.05) is 12.8 Å². The van der Waals surface area contributed by atoms with Gasteiger partial charge in [-0.3, -0.25) is 0 Å². The van der Waals surface area contributed by atoms with E-state index in [4.69, 9.17) is 4.52 Å². The van der Waals surface area contributed by atoms with Crippen molar-refractivity contribution in [3.8, 4) is 0 Å². The van der Waals surface area contributed by atoms with Crippen molar-refractivity contribution in [2.24, 2.45) is 0 Å². The molecule has 0 radical (unpaired) electrons. The van der Waals surface area contributed by atoms with Gasteiger partial charge in [-0.2, -0.15) is 4.98 Å². The number of hydrogen-bond acceptors (Lipinski definition) is 7. The molecule has 0 aliphatic carbocycles. The van der Waals surface area contributed by atoms with Crippen LogP contribution in [0.25, 0.3) is 0 Å². The zero-order valence-corrected chi connectivity index (χ0v) is 9.57. The van der Waals surface area contributed by atoms with Gasteiger partial charge in [-0.1, -0.05) is 5.16 Å². The van der Waals surface area contributed by atoms with Crippen molar-refractivity contribution < 1.29 is 18.0 Å². The van der Waals surface area contributed by atoms with Crippen molar-refractivity contribution in [3.63, 3.8) is 0 Å². The molecule has 0 saturated carbocycles. The highest BCUT2D eigenvalue weighted by Crippen LogP contribution is 2.21. The Morgan fingerprint density at radius 1 is 1.62 bits per heavy atom. The topological polar surface area (TPSA) is 105 Å².